The number of aromatic nitrogens is 2. The maximum atomic E-state index is 12.8. The van der Waals surface area contributed by atoms with Crippen molar-refractivity contribution in [3.05, 3.63) is 105 Å². The van der Waals surface area contributed by atoms with E-state index in [4.69, 9.17) is 27.9 Å². The third kappa shape index (κ3) is 3.50. The van der Waals surface area contributed by atoms with Crippen LogP contribution in [0.15, 0.2) is 89.7 Å². The van der Waals surface area contributed by atoms with Crippen LogP contribution in [0.25, 0.3) is 11.4 Å². The summed E-state index contributed by atoms with van der Waals surface area (Å²) in [6.07, 6.45) is 0. The van der Waals surface area contributed by atoms with Crippen LogP contribution in [0.3, 0.4) is 0 Å². The number of para-hydroxylation sites is 2. The first-order valence-corrected chi connectivity index (χ1v) is 8.98. The number of hydrogen-bond donors (Lipinski definition) is 0. The molecule has 0 aliphatic carbocycles. The minimum atomic E-state index is -0.217. The Kier molecular flexibility index (Phi) is 4.75. The Morgan fingerprint density at radius 3 is 1.89 bits per heavy atom. The van der Waals surface area contributed by atoms with Gasteiger partial charge in [0.2, 0.25) is 5.88 Å². The van der Waals surface area contributed by atoms with Crippen LogP contribution >= 0.6 is 23.2 Å². The van der Waals surface area contributed by atoms with Crippen molar-refractivity contribution in [2.24, 2.45) is 0 Å². The average Bonchev–Trinajstić information content (AvgIpc) is 3.01. The molecule has 0 amide bonds. The zero-order valence-electron chi connectivity index (χ0n) is 14.0. The molecule has 0 aliphatic heterocycles. The highest BCUT2D eigenvalue weighted by Gasteiger charge is 2.17. The number of nitrogens with zero attached hydrogens (tertiary/aromatic N) is 2. The largest absolute Gasteiger partial charge is 0.437 e. The Balaban J connectivity index is 1.91. The lowest BCUT2D eigenvalue weighted by Gasteiger charge is -2.15. The molecule has 1 heterocycles. The zero-order valence-corrected chi connectivity index (χ0v) is 15.6. The van der Waals surface area contributed by atoms with Crippen molar-refractivity contribution in [2.75, 3.05) is 0 Å². The second kappa shape index (κ2) is 7.35. The third-order valence-corrected chi connectivity index (χ3v) is 4.50. The van der Waals surface area contributed by atoms with Crippen molar-refractivity contribution in [1.82, 2.24) is 9.36 Å². The summed E-state index contributed by atoms with van der Waals surface area (Å²) in [5.74, 6) is 0.759. The highest BCUT2D eigenvalue weighted by molar-refractivity contribution is 6.35. The van der Waals surface area contributed by atoms with E-state index in [0.717, 1.165) is 11.4 Å². The summed E-state index contributed by atoms with van der Waals surface area (Å²) in [5, 5.41) is 0.872. The molecule has 0 unspecified atom stereocenters. The minimum absolute atomic E-state index is 0.217. The molecule has 134 valence electrons. The van der Waals surface area contributed by atoms with Crippen LogP contribution in [0, 0.1) is 0 Å². The molecule has 0 saturated heterocycles. The first-order valence-electron chi connectivity index (χ1n) is 8.22. The molecule has 4 aromatic rings. The van der Waals surface area contributed by atoms with E-state index in [1.807, 2.05) is 60.7 Å². The van der Waals surface area contributed by atoms with Crippen LogP contribution in [0.4, 0.5) is 0 Å². The molecule has 0 radical (unpaired) electrons. The van der Waals surface area contributed by atoms with Crippen molar-refractivity contribution in [3.63, 3.8) is 0 Å². The Labute approximate surface area is 165 Å². The fourth-order valence-electron chi connectivity index (χ4n) is 2.79. The van der Waals surface area contributed by atoms with Crippen LogP contribution < -0.4 is 10.3 Å². The summed E-state index contributed by atoms with van der Waals surface area (Å²) in [6, 6.07) is 25.3. The van der Waals surface area contributed by atoms with Gasteiger partial charge in [-0.25, -0.2) is 9.36 Å². The second-order valence-electron chi connectivity index (χ2n) is 5.79. The Hall–Kier alpha value is -2.95. The highest BCUT2D eigenvalue weighted by atomic mass is 35.5. The van der Waals surface area contributed by atoms with E-state index < -0.39 is 0 Å². The summed E-state index contributed by atoms with van der Waals surface area (Å²) in [4.78, 5) is 12.8. The summed E-state index contributed by atoms with van der Waals surface area (Å²) in [6.45, 7) is 0. The van der Waals surface area contributed by atoms with Crippen LogP contribution in [-0.4, -0.2) is 9.36 Å². The molecule has 0 bridgehead atoms. The van der Waals surface area contributed by atoms with Gasteiger partial charge in [-0.1, -0.05) is 59.6 Å². The molecule has 0 saturated carbocycles. The van der Waals surface area contributed by atoms with Crippen molar-refractivity contribution >= 4 is 23.2 Å². The second-order valence-corrected chi connectivity index (χ2v) is 6.64. The maximum absolute atomic E-state index is 12.8. The predicted octanol–water partition coefficient (Wildman–Crippen LogP) is 5.73. The van der Waals surface area contributed by atoms with Gasteiger partial charge in [0, 0.05) is 5.02 Å². The molecule has 4 rings (SSSR count). The monoisotopic (exact) mass is 396 g/mol. The molecular formula is C21H14Cl2N2O2. The van der Waals surface area contributed by atoms with Crippen molar-refractivity contribution < 1.29 is 4.74 Å². The minimum Gasteiger partial charge on any atom is -0.437 e. The molecule has 1 aromatic heterocycles. The first-order chi connectivity index (χ1) is 13.1. The molecule has 0 spiro atoms. The fourth-order valence-corrected chi connectivity index (χ4v) is 3.24. The van der Waals surface area contributed by atoms with Crippen molar-refractivity contribution in [2.45, 2.75) is 0 Å². The molecular weight excluding hydrogens is 383 g/mol. The molecule has 0 fully saturated rings. The van der Waals surface area contributed by atoms with E-state index in [1.165, 1.54) is 6.07 Å². The van der Waals surface area contributed by atoms with Gasteiger partial charge in [0.25, 0.3) is 5.56 Å². The van der Waals surface area contributed by atoms with E-state index in [1.54, 1.807) is 27.6 Å². The quantitative estimate of drug-likeness (QED) is 0.441. The number of rotatable bonds is 4. The highest BCUT2D eigenvalue weighted by Crippen LogP contribution is 2.32. The summed E-state index contributed by atoms with van der Waals surface area (Å²) < 4.78 is 9.25. The van der Waals surface area contributed by atoms with E-state index >= 15 is 0 Å². The summed E-state index contributed by atoms with van der Waals surface area (Å²) in [7, 11) is 0. The summed E-state index contributed by atoms with van der Waals surface area (Å²) >= 11 is 12.2. The predicted molar refractivity (Wildman–Crippen MR) is 108 cm³/mol. The van der Waals surface area contributed by atoms with Crippen LogP contribution in [0.2, 0.25) is 10.0 Å². The van der Waals surface area contributed by atoms with Gasteiger partial charge < -0.3 is 4.74 Å². The number of hydrogen-bond acceptors (Lipinski definition) is 2. The molecule has 0 atom stereocenters. The van der Waals surface area contributed by atoms with Gasteiger partial charge in [-0.05, 0) is 42.5 Å². The van der Waals surface area contributed by atoms with Gasteiger partial charge in [-0.2, -0.15) is 0 Å². The van der Waals surface area contributed by atoms with Crippen molar-refractivity contribution in [3.8, 4) is 23.0 Å². The van der Waals surface area contributed by atoms with E-state index in [2.05, 4.69) is 0 Å². The molecule has 4 nitrogen and oxygen atoms in total. The maximum Gasteiger partial charge on any atom is 0.275 e. The van der Waals surface area contributed by atoms with Gasteiger partial charge in [0.05, 0.1) is 22.5 Å². The normalized spacial score (nSPS) is 10.7. The lowest BCUT2D eigenvalue weighted by Crippen LogP contribution is -2.20. The summed E-state index contributed by atoms with van der Waals surface area (Å²) in [5.41, 5.74) is 1.29. The molecule has 3 aromatic carbocycles. The van der Waals surface area contributed by atoms with Crippen LogP contribution in [0.1, 0.15) is 0 Å². The average molecular weight is 397 g/mol. The lowest BCUT2D eigenvalue weighted by atomic mass is 10.3. The Morgan fingerprint density at radius 1 is 0.704 bits per heavy atom. The first kappa shape index (κ1) is 17.5. The number of benzene rings is 3. The SMILES string of the molecule is O=c1cc(Oc2ccc(Cl)cc2Cl)n(-c2ccccc2)n1-c1ccccc1. The van der Waals surface area contributed by atoms with E-state index in [0.29, 0.717) is 21.7 Å². The zero-order chi connectivity index (χ0) is 18.8. The van der Waals surface area contributed by atoms with Gasteiger partial charge in [-0.15, -0.1) is 0 Å². The smallest absolute Gasteiger partial charge is 0.275 e. The number of halogens is 2. The van der Waals surface area contributed by atoms with Crippen LogP contribution in [-0.2, 0) is 0 Å². The van der Waals surface area contributed by atoms with E-state index in [-0.39, 0.29) is 5.56 Å². The lowest BCUT2D eigenvalue weighted by molar-refractivity contribution is 0.436. The standard InChI is InChI=1S/C21H14Cl2N2O2/c22-15-11-12-19(18(23)13-15)27-21-14-20(26)24(16-7-3-1-4-8-16)25(21)17-9-5-2-6-10-17/h1-14H. The Morgan fingerprint density at radius 2 is 1.30 bits per heavy atom. The van der Waals surface area contributed by atoms with Gasteiger partial charge in [-0.3, -0.25) is 4.79 Å². The molecule has 27 heavy (non-hydrogen) atoms. The molecule has 0 aliphatic rings. The van der Waals surface area contributed by atoms with Gasteiger partial charge in [0.1, 0.15) is 5.75 Å². The molecule has 0 N–H and O–H groups in total. The van der Waals surface area contributed by atoms with Crippen LogP contribution in [0.5, 0.6) is 11.6 Å². The van der Waals surface area contributed by atoms with E-state index in [9.17, 15) is 4.79 Å². The van der Waals surface area contributed by atoms with Gasteiger partial charge >= 0.3 is 0 Å². The Bertz CT molecular complexity index is 1140. The number of ether oxygens (including phenoxy) is 1. The molecule has 6 heteroatoms. The van der Waals surface area contributed by atoms with Gasteiger partial charge in [0.15, 0.2) is 0 Å². The van der Waals surface area contributed by atoms with Crippen molar-refractivity contribution in [1.29, 1.82) is 0 Å². The third-order valence-electron chi connectivity index (χ3n) is 3.97. The topological polar surface area (TPSA) is 36.2 Å². The fraction of sp³-hybridized carbons (Fsp3) is 0.